The number of carbonyl (C=O) groups excluding carboxylic acids is 1. The fraction of sp³-hybridized carbons (Fsp3) is 0.600. The van der Waals surface area contributed by atoms with E-state index in [2.05, 4.69) is 9.88 Å². The van der Waals surface area contributed by atoms with E-state index >= 15 is 0 Å². The standard InChI is InChI=1S/C25H29ClN2O3S/c26-22-8-21(31-12-20-13-32-14-27-20)2-1-16(22)7-17-3-4-28(24(17)29)23-18-5-15-6-19(23)11-25(30,9-15)10-18/h1-2,8,13-15,17-19,23,30H,3-7,9-12H2. The van der Waals surface area contributed by atoms with Gasteiger partial charge in [0, 0.05) is 28.9 Å². The van der Waals surface area contributed by atoms with E-state index in [0.717, 1.165) is 49.2 Å². The summed E-state index contributed by atoms with van der Waals surface area (Å²) in [5.41, 5.74) is 3.25. The van der Waals surface area contributed by atoms with E-state index < -0.39 is 5.60 Å². The Bertz CT molecular complexity index is 997. The van der Waals surface area contributed by atoms with Crippen LogP contribution in [0.15, 0.2) is 29.1 Å². The second-order valence-electron chi connectivity index (χ2n) is 10.4. The Labute approximate surface area is 197 Å². The van der Waals surface area contributed by atoms with Gasteiger partial charge in [-0.3, -0.25) is 4.79 Å². The number of nitrogens with zero attached hydrogens (tertiary/aromatic N) is 2. The van der Waals surface area contributed by atoms with Gasteiger partial charge in [0.2, 0.25) is 5.91 Å². The molecule has 0 spiro atoms. The van der Waals surface area contributed by atoms with Crippen LogP contribution < -0.4 is 4.74 Å². The van der Waals surface area contributed by atoms with Crippen LogP contribution in [0.5, 0.6) is 5.75 Å². The molecule has 5 fully saturated rings. The number of carbonyl (C=O) groups is 1. The smallest absolute Gasteiger partial charge is 0.226 e. The zero-order chi connectivity index (χ0) is 21.9. The third kappa shape index (κ3) is 3.74. The minimum absolute atomic E-state index is 0.00505. The molecule has 0 radical (unpaired) electrons. The number of hydrogen-bond acceptors (Lipinski definition) is 5. The van der Waals surface area contributed by atoms with Crippen molar-refractivity contribution >= 4 is 28.8 Å². The topological polar surface area (TPSA) is 62.7 Å². The Kier molecular flexibility index (Phi) is 5.23. The highest BCUT2D eigenvalue weighted by Gasteiger charge is 2.57. The Balaban J connectivity index is 1.11. The number of benzene rings is 1. The summed E-state index contributed by atoms with van der Waals surface area (Å²) >= 11 is 8.12. The second-order valence-corrected chi connectivity index (χ2v) is 11.6. The van der Waals surface area contributed by atoms with E-state index in [4.69, 9.17) is 16.3 Å². The van der Waals surface area contributed by atoms with Gasteiger partial charge in [-0.15, -0.1) is 11.3 Å². The van der Waals surface area contributed by atoms with Gasteiger partial charge in [0.1, 0.15) is 12.4 Å². The lowest BCUT2D eigenvalue weighted by Crippen LogP contribution is -2.62. The highest BCUT2D eigenvalue weighted by atomic mass is 35.5. The van der Waals surface area contributed by atoms with E-state index in [1.165, 1.54) is 12.8 Å². The normalized spacial score (nSPS) is 35.6. The monoisotopic (exact) mass is 472 g/mol. The van der Waals surface area contributed by atoms with Crippen molar-refractivity contribution in [2.45, 2.75) is 63.2 Å². The largest absolute Gasteiger partial charge is 0.487 e. The number of ether oxygens (including phenoxy) is 1. The zero-order valence-corrected chi connectivity index (χ0v) is 19.7. The second kappa shape index (κ2) is 8.00. The van der Waals surface area contributed by atoms with Crippen molar-refractivity contribution in [1.82, 2.24) is 9.88 Å². The Morgan fingerprint density at radius 2 is 2.06 bits per heavy atom. The van der Waals surface area contributed by atoms with Crippen LogP contribution in [-0.4, -0.2) is 39.1 Å². The summed E-state index contributed by atoms with van der Waals surface area (Å²) < 4.78 is 5.80. The molecule has 2 aromatic rings. The number of likely N-dealkylation sites (tertiary alicyclic amines) is 1. The Hall–Kier alpha value is -1.63. The van der Waals surface area contributed by atoms with Gasteiger partial charge in [-0.05, 0) is 80.4 Å². The molecule has 1 N–H and O–H groups in total. The first-order chi connectivity index (χ1) is 15.5. The minimum atomic E-state index is -0.452. The molecular weight excluding hydrogens is 444 g/mol. The van der Waals surface area contributed by atoms with Crippen LogP contribution in [0.3, 0.4) is 0 Å². The van der Waals surface area contributed by atoms with Crippen LogP contribution in [0.4, 0.5) is 0 Å². The minimum Gasteiger partial charge on any atom is -0.487 e. The van der Waals surface area contributed by atoms with Gasteiger partial charge < -0.3 is 14.7 Å². The molecule has 32 heavy (non-hydrogen) atoms. The average molecular weight is 473 g/mol. The molecule has 7 heteroatoms. The maximum absolute atomic E-state index is 13.4. The van der Waals surface area contributed by atoms with Crippen molar-refractivity contribution in [2.75, 3.05) is 6.54 Å². The van der Waals surface area contributed by atoms with Crippen LogP contribution >= 0.6 is 22.9 Å². The quantitative estimate of drug-likeness (QED) is 0.661. The van der Waals surface area contributed by atoms with Gasteiger partial charge in [0.05, 0.1) is 16.8 Å². The van der Waals surface area contributed by atoms with Crippen molar-refractivity contribution in [1.29, 1.82) is 0 Å². The molecule has 5 aliphatic rings. The molecule has 4 saturated carbocycles. The first-order valence-corrected chi connectivity index (χ1v) is 13.1. The summed E-state index contributed by atoms with van der Waals surface area (Å²) in [4.78, 5) is 19.8. The summed E-state index contributed by atoms with van der Waals surface area (Å²) in [7, 11) is 0. The molecule has 5 nitrogen and oxygen atoms in total. The maximum Gasteiger partial charge on any atom is 0.226 e. The molecule has 4 aliphatic carbocycles. The lowest BCUT2D eigenvalue weighted by molar-refractivity contribution is -0.168. The molecule has 1 aliphatic heterocycles. The number of halogens is 1. The summed E-state index contributed by atoms with van der Waals surface area (Å²) in [5, 5.41) is 13.5. The number of thiazole rings is 1. The lowest BCUT2D eigenvalue weighted by Gasteiger charge is -2.59. The lowest BCUT2D eigenvalue weighted by atomic mass is 9.52. The van der Waals surface area contributed by atoms with E-state index in [1.807, 2.05) is 23.6 Å². The van der Waals surface area contributed by atoms with Gasteiger partial charge in [-0.25, -0.2) is 4.98 Å². The fourth-order valence-corrected chi connectivity index (χ4v) is 8.02. The van der Waals surface area contributed by atoms with E-state index in [0.29, 0.717) is 41.8 Å². The Morgan fingerprint density at radius 1 is 1.25 bits per heavy atom. The van der Waals surface area contributed by atoms with Crippen LogP contribution in [-0.2, 0) is 17.8 Å². The predicted molar refractivity (Wildman–Crippen MR) is 124 cm³/mol. The molecular formula is C25H29ClN2O3S. The van der Waals surface area contributed by atoms with Crippen molar-refractivity contribution in [3.05, 3.63) is 45.4 Å². The van der Waals surface area contributed by atoms with Crippen molar-refractivity contribution in [3.63, 3.8) is 0 Å². The zero-order valence-electron chi connectivity index (χ0n) is 18.1. The van der Waals surface area contributed by atoms with Crippen molar-refractivity contribution in [3.8, 4) is 5.75 Å². The van der Waals surface area contributed by atoms with E-state index in [1.54, 1.807) is 16.8 Å². The molecule has 7 rings (SSSR count). The van der Waals surface area contributed by atoms with Gasteiger partial charge >= 0.3 is 0 Å². The van der Waals surface area contributed by atoms with Crippen molar-refractivity contribution < 1.29 is 14.6 Å². The van der Waals surface area contributed by atoms with E-state index in [-0.39, 0.29) is 11.8 Å². The molecule has 3 atom stereocenters. The summed E-state index contributed by atoms with van der Waals surface area (Å²) in [5.74, 6) is 2.62. The maximum atomic E-state index is 13.4. The summed E-state index contributed by atoms with van der Waals surface area (Å²) in [6.07, 6.45) is 6.68. The molecule has 3 unspecified atom stereocenters. The SMILES string of the molecule is O=C1C(Cc2ccc(OCc3cscn3)cc2Cl)CCN1C1C2CC3CC1CC(O)(C3)C2. The van der Waals surface area contributed by atoms with Crippen LogP contribution in [0.25, 0.3) is 0 Å². The first-order valence-electron chi connectivity index (χ1n) is 11.8. The molecule has 170 valence electrons. The molecule has 1 saturated heterocycles. The number of aromatic nitrogens is 1. The molecule has 2 heterocycles. The molecule has 1 aromatic heterocycles. The predicted octanol–water partition coefficient (Wildman–Crippen LogP) is 4.71. The number of amides is 1. The van der Waals surface area contributed by atoms with Crippen LogP contribution in [0.2, 0.25) is 5.02 Å². The number of hydrogen-bond donors (Lipinski definition) is 1. The first kappa shape index (κ1) is 20.9. The Morgan fingerprint density at radius 3 is 2.75 bits per heavy atom. The summed E-state index contributed by atoms with van der Waals surface area (Å²) in [6.45, 7) is 1.27. The van der Waals surface area contributed by atoms with E-state index in [9.17, 15) is 9.90 Å². The van der Waals surface area contributed by atoms with Gasteiger partial charge in [0.15, 0.2) is 0 Å². The fourth-order valence-electron chi connectivity index (χ4n) is 7.23. The number of rotatable bonds is 6. The molecule has 1 amide bonds. The summed E-state index contributed by atoms with van der Waals surface area (Å²) in [6, 6.07) is 6.11. The third-order valence-electron chi connectivity index (χ3n) is 8.26. The van der Waals surface area contributed by atoms with Gasteiger partial charge in [0.25, 0.3) is 0 Å². The highest BCUT2D eigenvalue weighted by molar-refractivity contribution is 7.07. The van der Waals surface area contributed by atoms with Crippen LogP contribution in [0, 0.1) is 23.7 Å². The molecule has 1 aromatic carbocycles. The number of aliphatic hydroxyl groups is 1. The molecule has 4 bridgehead atoms. The van der Waals surface area contributed by atoms with Crippen molar-refractivity contribution in [2.24, 2.45) is 23.7 Å². The van der Waals surface area contributed by atoms with Gasteiger partial charge in [-0.1, -0.05) is 17.7 Å². The third-order valence-corrected chi connectivity index (χ3v) is 9.25. The highest BCUT2D eigenvalue weighted by Crippen LogP contribution is 2.57. The van der Waals surface area contributed by atoms with Crippen LogP contribution in [0.1, 0.15) is 49.8 Å². The average Bonchev–Trinajstić information content (AvgIpc) is 3.38. The van der Waals surface area contributed by atoms with Gasteiger partial charge in [-0.2, -0.15) is 0 Å².